The van der Waals surface area contributed by atoms with Gasteiger partial charge in [-0.1, -0.05) is 0 Å². The number of hydrogen-bond donors (Lipinski definition) is 1. The normalized spacial score (nSPS) is 15.2. The summed E-state index contributed by atoms with van der Waals surface area (Å²) in [6.07, 6.45) is 1.98. The Morgan fingerprint density at radius 3 is 2.79 bits per heavy atom. The van der Waals surface area contributed by atoms with Crippen molar-refractivity contribution in [3.8, 4) is 0 Å². The van der Waals surface area contributed by atoms with Crippen molar-refractivity contribution >= 4 is 11.7 Å². The number of ketones is 1. The van der Waals surface area contributed by atoms with Gasteiger partial charge >= 0.3 is 0 Å². The van der Waals surface area contributed by atoms with E-state index in [4.69, 9.17) is 4.42 Å². The summed E-state index contributed by atoms with van der Waals surface area (Å²) in [6.45, 7) is 8.19. The van der Waals surface area contributed by atoms with Crippen LogP contribution in [0.25, 0.3) is 0 Å². The number of fused-ring (bicyclic) bond motifs is 1. The Kier molecular flexibility index (Phi) is 4.30. The summed E-state index contributed by atoms with van der Waals surface area (Å²) in [7, 11) is 0. The lowest BCUT2D eigenvalue weighted by atomic mass is 9.93. The number of aryl methyl sites for hydroxylation is 4. The molecule has 0 aliphatic heterocycles. The van der Waals surface area contributed by atoms with Gasteiger partial charge in [-0.3, -0.25) is 14.3 Å². The number of aromatic nitrogens is 2. The van der Waals surface area contributed by atoms with E-state index in [0.29, 0.717) is 35.6 Å². The zero-order valence-corrected chi connectivity index (χ0v) is 14.6. The zero-order chi connectivity index (χ0) is 17.4. The van der Waals surface area contributed by atoms with E-state index < -0.39 is 0 Å². The highest BCUT2D eigenvalue weighted by molar-refractivity contribution is 6.10. The van der Waals surface area contributed by atoms with Gasteiger partial charge in [0.2, 0.25) is 0 Å². The molecule has 1 aliphatic rings. The van der Waals surface area contributed by atoms with Crippen LogP contribution in [0.2, 0.25) is 0 Å². The van der Waals surface area contributed by atoms with E-state index in [0.717, 1.165) is 24.2 Å². The first-order valence-electron chi connectivity index (χ1n) is 8.34. The van der Waals surface area contributed by atoms with Crippen LogP contribution in [0.4, 0.5) is 0 Å². The summed E-state index contributed by atoms with van der Waals surface area (Å²) in [6, 6.07) is 1.89. The van der Waals surface area contributed by atoms with Crippen molar-refractivity contribution in [1.29, 1.82) is 0 Å². The highest BCUT2D eigenvalue weighted by Crippen LogP contribution is 2.29. The first kappa shape index (κ1) is 16.5. The quantitative estimate of drug-likeness (QED) is 0.935. The first-order valence-corrected chi connectivity index (χ1v) is 8.34. The minimum absolute atomic E-state index is 0.00412. The third-order valence-corrected chi connectivity index (χ3v) is 4.40. The summed E-state index contributed by atoms with van der Waals surface area (Å²) in [4.78, 5) is 24.9. The number of hydrogen-bond acceptors (Lipinski definition) is 4. The Morgan fingerprint density at radius 1 is 1.38 bits per heavy atom. The summed E-state index contributed by atoms with van der Waals surface area (Å²) in [5, 5.41) is 7.38. The second-order valence-electron chi connectivity index (χ2n) is 6.59. The van der Waals surface area contributed by atoms with Gasteiger partial charge < -0.3 is 9.73 Å². The van der Waals surface area contributed by atoms with E-state index in [-0.39, 0.29) is 17.7 Å². The monoisotopic (exact) mass is 329 g/mol. The number of nitrogens with zero attached hydrogens (tertiary/aromatic N) is 2. The maximum atomic E-state index is 12.7. The molecule has 24 heavy (non-hydrogen) atoms. The SMILES string of the molecule is Cc1cc(C)n(C[C@H](C)NC(=O)c2c(C)oc3c2C(=O)CCC3)n1. The van der Waals surface area contributed by atoms with Gasteiger partial charge in [-0.25, -0.2) is 0 Å². The minimum atomic E-state index is -0.248. The van der Waals surface area contributed by atoms with Crippen molar-refractivity contribution in [1.82, 2.24) is 15.1 Å². The lowest BCUT2D eigenvalue weighted by Gasteiger charge is -2.16. The second kappa shape index (κ2) is 6.26. The third-order valence-electron chi connectivity index (χ3n) is 4.40. The molecule has 2 heterocycles. The Labute approximate surface area is 141 Å². The predicted octanol–water partition coefficient (Wildman–Crippen LogP) is 2.74. The largest absolute Gasteiger partial charge is 0.465 e. The standard InChI is InChI=1S/C18H23N3O3/c1-10-8-12(3)21(20-10)9-11(2)19-18(23)16-13(4)24-15-7-5-6-14(22)17(15)16/h8,11H,5-7,9H2,1-4H3,(H,19,23)/t11-/m0/s1. The number of rotatable bonds is 4. The minimum Gasteiger partial charge on any atom is -0.465 e. The van der Waals surface area contributed by atoms with Crippen LogP contribution in [0, 0.1) is 20.8 Å². The Balaban J connectivity index is 1.77. The molecular formula is C18H23N3O3. The van der Waals surface area contributed by atoms with Crippen molar-refractivity contribution in [2.75, 3.05) is 0 Å². The number of furan rings is 1. The molecule has 0 aromatic carbocycles. The second-order valence-corrected chi connectivity index (χ2v) is 6.59. The molecule has 6 heteroatoms. The highest BCUT2D eigenvalue weighted by Gasteiger charge is 2.30. The van der Waals surface area contributed by atoms with Crippen LogP contribution in [-0.4, -0.2) is 27.5 Å². The predicted molar refractivity (Wildman–Crippen MR) is 89.3 cm³/mol. The summed E-state index contributed by atoms with van der Waals surface area (Å²) < 4.78 is 7.53. The molecule has 128 valence electrons. The fourth-order valence-corrected chi connectivity index (χ4v) is 3.34. The summed E-state index contributed by atoms with van der Waals surface area (Å²) >= 11 is 0. The van der Waals surface area contributed by atoms with Crippen molar-refractivity contribution in [2.45, 2.75) is 59.5 Å². The molecule has 2 aromatic rings. The summed E-state index contributed by atoms with van der Waals surface area (Å²) in [5.74, 6) is 0.928. The average molecular weight is 329 g/mol. The summed E-state index contributed by atoms with van der Waals surface area (Å²) in [5.41, 5.74) is 2.89. The van der Waals surface area contributed by atoms with E-state index >= 15 is 0 Å². The molecule has 0 fully saturated rings. The van der Waals surface area contributed by atoms with Crippen LogP contribution >= 0.6 is 0 Å². The van der Waals surface area contributed by atoms with Gasteiger partial charge in [0.15, 0.2) is 5.78 Å². The van der Waals surface area contributed by atoms with E-state index in [1.807, 2.05) is 31.5 Å². The molecular weight excluding hydrogens is 306 g/mol. The molecule has 0 saturated heterocycles. The molecule has 0 spiro atoms. The van der Waals surface area contributed by atoms with Crippen LogP contribution < -0.4 is 5.32 Å². The van der Waals surface area contributed by atoms with E-state index in [9.17, 15) is 9.59 Å². The Morgan fingerprint density at radius 2 is 2.12 bits per heavy atom. The van der Waals surface area contributed by atoms with Crippen LogP contribution in [0.3, 0.4) is 0 Å². The molecule has 2 aromatic heterocycles. The van der Waals surface area contributed by atoms with Crippen LogP contribution in [0.1, 0.15) is 63.4 Å². The van der Waals surface area contributed by atoms with Crippen molar-refractivity contribution in [3.63, 3.8) is 0 Å². The smallest absolute Gasteiger partial charge is 0.255 e. The molecule has 1 atom stereocenters. The first-order chi connectivity index (χ1) is 11.4. The van der Waals surface area contributed by atoms with Gasteiger partial charge in [0, 0.05) is 24.6 Å². The molecule has 6 nitrogen and oxygen atoms in total. The third kappa shape index (κ3) is 3.00. The number of carbonyl (C=O) groups excluding carboxylic acids is 2. The number of amides is 1. The van der Waals surface area contributed by atoms with E-state index in [2.05, 4.69) is 10.4 Å². The van der Waals surface area contributed by atoms with E-state index in [1.165, 1.54) is 0 Å². The molecule has 1 N–H and O–H groups in total. The molecule has 0 radical (unpaired) electrons. The lowest BCUT2D eigenvalue weighted by Crippen LogP contribution is -2.37. The lowest BCUT2D eigenvalue weighted by molar-refractivity contribution is 0.0915. The molecule has 1 aliphatic carbocycles. The highest BCUT2D eigenvalue weighted by atomic mass is 16.3. The number of carbonyl (C=O) groups is 2. The van der Waals surface area contributed by atoms with Crippen molar-refractivity contribution < 1.29 is 14.0 Å². The van der Waals surface area contributed by atoms with E-state index in [1.54, 1.807) is 6.92 Å². The molecule has 0 unspecified atom stereocenters. The van der Waals surface area contributed by atoms with Crippen LogP contribution in [0.15, 0.2) is 10.5 Å². The Bertz CT molecular complexity index is 801. The van der Waals surface area contributed by atoms with Crippen molar-refractivity contribution in [3.05, 3.63) is 40.1 Å². The molecule has 0 saturated carbocycles. The van der Waals surface area contributed by atoms with Crippen LogP contribution in [-0.2, 0) is 13.0 Å². The van der Waals surface area contributed by atoms with Gasteiger partial charge in [-0.15, -0.1) is 0 Å². The van der Waals surface area contributed by atoms with Gasteiger partial charge in [-0.05, 0) is 40.2 Å². The van der Waals surface area contributed by atoms with Crippen LogP contribution in [0.5, 0.6) is 0 Å². The van der Waals surface area contributed by atoms with Gasteiger partial charge in [0.25, 0.3) is 5.91 Å². The molecule has 1 amide bonds. The van der Waals surface area contributed by atoms with Gasteiger partial charge in [0.1, 0.15) is 11.5 Å². The maximum Gasteiger partial charge on any atom is 0.255 e. The number of nitrogens with one attached hydrogen (secondary N) is 1. The fourth-order valence-electron chi connectivity index (χ4n) is 3.34. The Hall–Kier alpha value is -2.37. The number of Topliss-reactive ketones (excluding diaryl/α,β-unsaturated/α-hetero) is 1. The van der Waals surface area contributed by atoms with Crippen molar-refractivity contribution in [2.24, 2.45) is 0 Å². The topological polar surface area (TPSA) is 77.1 Å². The molecule has 0 bridgehead atoms. The fraction of sp³-hybridized carbons (Fsp3) is 0.500. The maximum absolute atomic E-state index is 12.7. The van der Waals surface area contributed by atoms with Gasteiger partial charge in [0.05, 0.1) is 23.4 Å². The van der Waals surface area contributed by atoms with Gasteiger partial charge in [-0.2, -0.15) is 5.10 Å². The average Bonchev–Trinajstić information content (AvgIpc) is 2.98. The molecule has 3 rings (SSSR count). The zero-order valence-electron chi connectivity index (χ0n) is 14.6.